The quantitative estimate of drug-likeness (QED) is 0.664. The maximum atomic E-state index is 12.7. The van der Waals surface area contributed by atoms with Crippen LogP contribution in [0.3, 0.4) is 0 Å². The molecule has 76 valence electrons. The summed E-state index contributed by atoms with van der Waals surface area (Å²) in [6, 6.07) is 0. The van der Waals surface area contributed by atoms with Gasteiger partial charge in [-0.15, -0.1) is 0 Å². The third-order valence-corrected chi connectivity index (χ3v) is 2.71. The molecule has 3 heteroatoms. The van der Waals surface area contributed by atoms with Gasteiger partial charge in [-0.25, -0.2) is 8.78 Å². The Balaban J connectivity index is 2.45. The zero-order chi connectivity index (χ0) is 10.1. The van der Waals surface area contributed by atoms with Crippen LogP contribution in [-0.2, 0) is 0 Å². The van der Waals surface area contributed by atoms with E-state index in [2.05, 4.69) is 6.58 Å². The molecule has 0 aromatic rings. The molecule has 1 N–H and O–H groups in total. The second kappa shape index (κ2) is 3.74. The van der Waals surface area contributed by atoms with E-state index in [0.29, 0.717) is 18.4 Å². The predicted molar refractivity (Wildman–Crippen MR) is 47.7 cm³/mol. The minimum atomic E-state index is -2.51. The van der Waals surface area contributed by atoms with Crippen LogP contribution in [0.15, 0.2) is 12.2 Å². The summed E-state index contributed by atoms with van der Waals surface area (Å²) in [6.45, 7) is 5.36. The van der Waals surface area contributed by atoms with E-state index >= 15 is 0 Å². The van der Waals surface area contributed by atoms with E-state index in [9.17, 15) is 13.9 Å². The molecule has 0 saturated heterocycles. The van der Waals surface area contributed by atoms with Gasteiger partial charge in [0.15, 0.2) is 0 Å². The van der Waals surface area contributed by atoms with Gasteiger partial charge in [0.1, 0.15) is 0 Å². The van der Waals surface area contributed by atoms with Crippen molar-refractivity contribution in [2.24, 2.45) is 5.92 Å². The van der Waals surface area contributed by atoms with Crippen LogP contribution in [0.1, 0.15) is 32.6 Å². The highest BCUT2D eigenvalue weighted by atomic mass is 19.3. The van der Waals surface area contributed by atoms with Gasteiger partial charge in [-0.2, -0.15) is 0 Å². The molecule has 13 heavy (non-hydrogen) atoms. The van der Waals surface area contributed by atoms with Crippen molar-refractivity contribution in [3.63, 3.8) is 0 Å². The molecule has 0 aliphatic heterocycles. The third kappa shape index (κ3) is 2.76. The van der Waals surface area contributed by atoms with E-state index in [-0.39, 0.29) is 18.8 Å². The summed E-state index contributed by atoms with van der Waals surface area (Å²) in [6.07, 6.45) is 0.0163. The molecule has 0 heterocycles. The minimum Gasteiger partial charge on any atom is -0.388 e. The molecule has 0 amide bonds. The first-order valence-corrected chi connectivity index (χ1v) is 4.64. The summed E-state index contributed by atoms with van der Waals surface area (Å²) in [7, 11) is 0. The van der Waals surface area contributed by atoms with Gasteiger partial charge in [0, 0.05) is 12.8 Å². The third-order valence-electron chi connectivity index (χ3n) is 2.71. The Kier molecular flexibility index (Phi) is 3.06. The fraction of sp³-hybridized carbons (Fsp3) is 0.800. The maximum Gasteiger partial charge on any atom is 0.248 e. The summed E-state index contributed by atoms with van der Waals surface area (Å²) in [5.74, 6) is -2.53. The molecule has 1 nitrogen and oxygen atoms in total. The zero-order valence-electron chi connectivity index (χ0n) is 7.89. The van der Waals surface area contributed by atoms with Gasteiger partial charge in [-0.05, 0) is 25.7 Å². The van der Waals surface area contributed by atoms with Gasteiger partial charge in [-0.3, -0.25) is 0 Å². The molecule has 1 aliphatic carbocycles. The summed E-state index contributed by atoms with van der Waals surface area (Å²) in [5, 5.41) is 9.58. The molecule has 0 aromatic carbocycles. The molecular formula is C10H16F2O. The van der Waals surface area contributed by atoms with Gasteiger partial charge >= 0.3 is 0 Å². The van der Waals surface area contributed by atoms with Crippen molar-refractivity contribution in [3.05, 3.63) is 12.2 Å². The molecule has 0 aromatic heterocycles. The molecule has 0 radical (unpaired) electrons. The van der Waals surface area contributed by atoms with Crippen LogP contribution in [0.4, 0.5) is 8.78 Å². The maximum absolute atomic E-state index is 12.7. The monoisotopic (exact) mass is 190 g/mol. The Morgan fingerprint density at radius 2 is 1.92 bits per heavy atom. The van der Waals surface area contributed by atoms with Crippen molar-refractivity contribution in [1.82, 2.24) is 0 Å². The predicted octanol–water partition coefficient (Wildman–Crippen LogP) is 2.75. The Hall–Kier alpha value is -0.440. The topological polar surface area (TPSA) is 20.2 Å². The first-order valence-electron chi connectivity index (χ1n) is 4.64. The average Bonchev–Trinajstić information content (AvgIpc) is 2.03. The Labute approximate surface area is 77.5 Å². The number of hydrogen-bond acceptors (Lipinski definition) is 1. The molecule has 1 aliphatic rings. The number of aliphatic hydroxyl groups is 1. The van der Waals surface area contributed by atoms with Crippen molar-refractivity contribution in [3.8, 4) is 0 Å². The number of aliphatic hydroxyl groups excluding tert-OH is 1. The normalized spacial score (nSPS) is 25.5. The van der Waals surface area contributed by atoms with Gasteiger partial charge in [0.25, 0.3) is 0 Å². The SMILES string of the molecule is C=C(C)C(O)C1CCC(F)(F)CC1. The summed E-state index contributed by atoms with van der Waals surface area (Å²) in [5.41, 5.74) is 0.676. The summed E-state index contributed by atoms with van der Waals surface area (Å²) < 4.78 is 25.5. The van der Waals surface area contributed by atoms with Crippen molar-refractivity contribution >= 4 is 0 Å². The molecule has 0 spiro atoms. The molecule has 1 atom stereocenters. The Bertz CT molecular complexity index is 191. The number of alkyl halides is 2. The lowest BCUT2D eigenvalue weighted by atomic mass is 9.81. The largest absolute Gasteiger partial charge is 0.388 e. The Morgan fingerprint density at radius 1 is 1.46 bits per heavy atom. The van der Waals surface area contributed by atoms with Crippen LogP contribution in [0.5, 0.6) is 0 Å². The number of hydrogen-bond donors (Lipinski definition) is 1. The smallest absolute Gasteiger partial charge is 0.248 e. The summed E-state index contributed by atoms with van der Waals surface area (Å²) >= 11 is 0. The molecule has 0 bridgehead atoms. The van der Waals surface area contributed by atoms with E-state index in [4.69, 9.17) is 0 Å². The fourth-order valence-corrected chi connectivity index (χ4v) is 1.78. The van der Waals surface area contributed by atoms with Gasteiger partial charge in [0.2, 0.25) is 5.92 Å². The second-order valence-corrected chi connectivity index (χ2v) is 3.98. The van der Waals surface area contributed by atoms with Crippen molar-refractivity contribution in [2.75, 3.05) is 0 Å². The lowest BCUT2D eigenvalue weighted by Gasteiger charge is -2.31. The molecule has 1 fully saturated rings. The summed E-state index contributed by atoms with van der Waals surface area (Å²) in [4.78, 5) is 0. The lowest BCUT2D eigenvalue weighted by Crippen LogP contribution is -2.31. The van der Waals surface area contributed by atoms with E-state index < -0.39 is 12.0 Å². The highest BCUT2D eigenvalue weighted by Gasteiger charge is 2.37. The van der Waals surface area contributed by atoms with Crippen LogP contribution in [0.2, 0.25) is 0 Å². The number of halogens is 2. The highest BCUT2D eigenvalue weighted by Crippen LogP contribution is 2.38. The minimum absolute atomic E-state index is 0.0166. The van der Waals surface area contributed by atoms with Gasteiger partial charge in [0.05, 0.1) is 6.10 Å². The highest BCUT2D eigenvalue weighted by molar-refractivity contribution is 5.01. The molecule has 1 saturated carbocycles. The van der Waals surface area contributed by atoms with Gasteiger partial charge < -0.3 is 5.11 Å². The number of rotatable bonds is 2. The first-order chi connectivity index (χ1) is 5.92. The van der Waals surface area contributed by atoms with Crippen LogP contribution in [0, 0.1) is 5.92 Å². The lowest BCUT2D eigenvalue weighted by molar-refractivity contribution is -0.0580. The van der Waals surface area contributed by atoms with E-state index in [1.54, 1.807) is 6.92 Å². The molecular weight excluding hydrogens is 174 g/mol. The molecule has 1 unspecified atom stereocenters. The van der Waals surface area contributed by atoms with Crippen LogP contribution < -0.4 is 0 Å². The van der Waals surface area contributed by atoms with Crippen molar-refractivity contribution in [2.45, 2.75) is 44.6 Å². The van der Waals surface area contributed by atoms with Crippen molar-refractivity contribution in [1.29, 1.82) is 0 Å². The van der Waals surface area contributed by atoms with Gasteiger partial charge in [-0.1, -0.05) is 12.2 Å². The first kappa shape index (κ1) is 10.6. The van der Waals surface area contributed by atoms with Crippen LogP contribution in [0.25, 0.3) is 0 Å². The fourth-order valence-electron chi connectivity index (χ4n) is 1.78. The molecule has 1 rings (SSSR count). The van der Waals surface area contributed by atoms with E-state index in [1.165, 1.54) is 0 Å². The van der Waals surface area contributed by atoms with Crippen LogP contribution in [-0.4, -0.2) is 17.1 Å². The standard InChI is InChI=1S/C10H16F2O/c1-7(2)9(13)8-3-5-10(11,12)6-4-8/h8-9,13H,1,3-6H2,2H3. The second-order valence-electron chi connectivity index (χ2n) is 3.98. The van der Waals surface area contributed by atoms with E-state index in [1.807, 2.05) is 0 Å². The van der Waals surface area contributed by atoms with Crippen LogP contribution >= 0.6 is 0 Å². The Morgan fingerprint density at radius 3 is 2.31 bits per heavy atom. The zero-order valence-corrected chi connectivity index (χ0v) is 7.89. The van der Waals surface area contributed by atoms with Crippen molar-refractivity contribution < 1.29 is 13.9 Å². The average molecular weight is 190 g/mol. The van der Waals surface area contributed by atoms with E-state index in [0.717, 1.165) is 0 Å².